The van der Waals surface area contributed by atoms with Crippen molar-refractivity contribution in [2.75, 3.05) is 20.3 Å². The molecule has 0 aromatic heterocycles. The van der Waals surface area contributed by atoms with Gasteiger partial charge in [0.1, 0.15) is 0 Å². The number of hydrogen-bond acceptors (Lipinski definition) is 2. The summed E-state index contributed by atoms with van der Waals surface area (Å²) in [6.45, 7) is 0.702. The van der Waals surface area contributed by atoms with E-state index in [4.69, 9.17) is 9.47 Å². The van der Waals surface area contributed by atoms with Crippen molar-refractivity contribution in [1.29, 1.82) is 0 Å². The van der Waals surface area contributed by atoms with Crippen molar-refractivity contribution in [1.82, 2.24) is 0 Å². The first-order valence-electron chi connectivity index (χ1n) is 6.58. The predicted octanol–water partition coefficient (Wildman–Crippen LogP) is 4.20. The Kier molecular flexibility index (Phi) is 5.44. The predicted molar refractivity (Wildman–Crippen MR) is 75.1 cm³/mol. The van der Waals surface area contributed by atoms with E-state index in [1.807, 2.05) is 42.5 Å². The van der Waals surface area contributed by atoms with Gasteiger partial charge in [0.2, 0.25) is 6.43 Å². The van der Waals surface area contributed by atoms with Crippen molar-refractivity contribution < 1.29 is 18.3 Å². The zero-order valence-electron chi connectivity index (χ0n) is 11.4. The summed E-state index contributed by atoms with van der Waals surface area (Å²) in [5.74, 6) is 0. The van der Waals surface area contributed by atoms with Gasteiger partial charge in [-0.3, -0.25) is 0 Å². The fourth-order valence-corrected chi connectivity index (χ4v) is 2.14. The molecule has 0 saturated heterocycles. The number of methoxy groups -OCH3 is 1. The zero-order valence-corrected chi connectivity index (χ0v) is 11.4. The van der Waals surface area contributed by atoms with Crippen LogP contribution in [0, 0.1) is 0 Å². The highest BCUT2D eigenvalue weighted by molar-refractivity contribution is 5.83. The lowest BCUT2D eigenvalue weighted by molar-refractivity contribution is -0.0178. The Labute approximate surface area is 117 Å². The molecule has 1 atom stereocenters. The van der Waals surface area contributed by atoms with Gasteiger partial charge < -0.3 is 9.47 Å². The quantitative estimate of drug-likeness (QED) is 0.708. The number of fused-ring (bicyclic) bond motifs is 1. The van der Waals surface area contributed by atoms with Crippen molar-refractivity contribution >= 4 is 10.8 Å². The van der Waals surface area contributed by atoms with Crippen LogP contribution in [0.4, 0.5) is 8.78 Å². The number of halogens is 2. The first kappa shape index (κ1) is 14.9. The standard InChI is InChI=1S/C16H18F2O2/c1-19-8-9-20-15(11-16(17)18)14-7-6-12-4-2-3-5-13(12)10-14/h2-7,10,15-16H,8-9,11H2,1H3. The Morgan fingerprint density at radius 3 is 2.45 bits per heavy atom. The van der Waals surface area contributed by atoms with Gasteiger partial charge in [-0.05, 0) is 22.4 Å². The molecule has 0 aliphatic rings. The molecule has 2 aromatic carbocycles. The third-order valence-corrected chi connectivity index (χ3v) is 3.14. The molecule has 108 valence electrons. The van der Waals surface area contributed by atoms with Gasteiger partial charge in [0.15, 0.2) is 0 Å². The van der Waals surface area contributed by atoms with Crippen LogP contribution < -0.4 is 0 Å². The minimum Gasteiger partial charge on any atom is -0.382 e. The molecule has 0 spiro atoms. The van der Waals surface area contributed by atoms with E-state index in [1.165, 1.54) is 0 Å². The van der Waals surface area contributed by atoms with Crippen LogP contribution in [-0.2, 0) is 9.47 Å². The minimum absolute atomic E-state index is 0.304. The summed E-state index contributed by atoms with van der Waals surface area (Å²) in [5, 5.41) is 2.11. The molecule has 0 N–H and O–H groups in total. The summed E-state index contributed by atoms with van der Waals surface area (Å²) in [6, 6.07) is 13.5. The zero-order chi connectivity index (χ0) is 14.4. The van der Waals surface area contributed by atoms with Crippen molar-refractivity contribution in [3.63, 3.8) is 0 Å². The minimum atomic E-state index is -2.39. The number of rotatable bonds is 7. The van der Waals surface area contributed by atoms with Gasteiger partial charge in [-0.25, -0.2) is 8.78 Å². The van der Waals surface area contributed by atoms with Crippen LogP contribution in [0.5, 0.6) is 0 Å². The molecule has 0 saturated carbocycles. The highest BCUT2D eigenvalue weighted by atomic mass is 19.3. The molecule has 0 amide bonds. The second kappa shape index (κ2) is 7.31. The van der Waals surface area contributed by atoms with E-state index < -0.39 is 12.5 Å². The Hall–Kier alpha value is -1.52. The Balaban J connectivity index is 2.20. The van der Waals surface area contributed by atoms with E-state index in [0.717, 1.165) is 16.3 Å². The van der Waals surface area contributed by atoms with Crippen LogP contribution in [0.1, 0.15) is 18.1 Å². The van der Waals surface area contributed by atoms with Crippen molar-refractivity contribution in [2.24, 2.45) is 0 Å². The number of benzene rings is 2. The van der Waals surface area contributed by atoms with Crippen LogP contribution in [0.3, 0.4) is 0 Å². The molecule has 0 aliphatic heterocycles. The summed E-state index contributed by atoms with van der Waals surface area (Å²) in [5.41, 5.74) is 0.778. The van der Waals surface area contributed by atoms with Crippen molar-refractivity contribution in [3.05, 3.63) is 48.0 Å². The molecule has 2 nitrogen and oxygen atoms in total. The summed E-state index contributed by atoms with van der Waals surface area (Å²) in [7, 11) is 1.56. The molecule has 0 bridgehead atoms. The molecule has 0 aliphatic carbocycles. The highest BCUT2D eigenvalue weighted by Gasteiger charge is 2.18. The smallest absolute Gasteiger partial charge is 0.241 e. The molecule has 0 heterocycles. The van der Waals surface area contributed by atoms with Crippen LogP contribution in [0.15, 0.2) is 42.5 Å². The lowest BCUT2D eigenvalue weighted by Crippen LogP contribution is -2.12. The molecule has 2 aromatic rings. The normalized spacial score (nSPS) is 13.0. The maximum Gasteiger partial charge on any atom is 0.241 e. The third-order valence-electron chi connectivity index (χ3n) is 3.14. The Morgan fingerprint density at radius 2 is 1.75 bits per heavy atom. The van der Waals surface area contributed by atoms with Gasteiger partial charge in [-0.1, -0.05) is 36.4 Å². The van der Waals surface area contributed by atoms with E-state index in [-0.39, 0.29) is 6.42 Å². The van der Waals surface area contributed by atoms with Gasteiger partial charge in [-0.2, -0.15) is 0 Å². The maximum absolute atomic E-state index is 12.7. The van der Waals surface area contributed by atoms with Crippen molar-refractivity contribution in [3.8, 4) is 0 Å². The first-order chi connectivity index (χ1) is 9.70. The Bertz CT molecular complexity index is 543. The summed E-state index contributed by atoms with van der Waals surface area (Å²) in [6.07, 6.45) is -3.30. The molecular weight excluding hydrogens is 262 g/mol. The monoisotopic (exact) mass is 280 g/mol. The van der Waals surface area contributed by atoms with E-state index in [1.54, 1.807) is 7.11 Å². The molecule has 20 heavy (non-hydrogen) atoms. The van der Waals surface area contributed by atoms with E-state index in [9.17, 15) is 8.78 Å². The number of hydrogen-bond donors (Lipinski definition) is 0. The highest BCUT2D eigenvalue weighted by Crippen LogP contribution is 2.27. The fraction of sp³-hybridized carbons (Fsp3) is 0.375. The van der Waals surface area contributed by atoms with Gasteiger partial charge in [-0.15, -0.1) is 0 Å². The van der Waals surface area contributed by atoms with Gasteiger partial charge in [0.05, 0.1) is 19.3 Å². The number of ether oxygens (including phenoxy) is 2. The number of alkyl halides is 2. The van der Waals surface area contributed by atoms with Gasteiger partial charge in [0, 0.05) is 13.5 Å². The summed E-state index contributed by atoms with van der Waals surface area (Å²) < 4.78 is 35.8. The summed E-state index contributed by atoms with van der Waals surface area (Å²) in [4.78, 5) is 0. The lowest BCUT2D eigenvalue weighted by atomic mass is 10.0. The molecular formula is C16H18F2O2. The average molecular weight is 280 g/mol. The maximum atomic E-state index is 12.7. The largest absolute Gasteiger partial charge is 0.382 e. The average Bonchev–Trinajstić information content (AvgIpc) is 2.45. The second-order valence-corrected chi connectivity index (χ2v) is 4.59. The topological polar surface area (TPSA) is 18.5 Å². The van der Waals surface area contributed by atoms with Gasteiger partial charge >= 0.3 is 0 Å². The first-order valence-corrected chi connectivity index (χ1v) is 6.58. The van der Waals surface area contributed by atoms with Crippen LogP contribution >= 0.6 is 0 Å². The molecule has 0 fully saturated rings. The Morgan fingerprint density at radius 1 is 1.00 bits per heavy atom. The SMILES string of the molecule is COCCOC(CC(F)F)c1ccc2ccccc2c1. The van der Waals surface area contributed by atoms with Crippen LogP contribution in [0.2, 0.25) is 0 Å². The fourth-order valence-electron chi connectivity index (χ4n) is 2.14. The van der Waals surface area contributed by atoms with Crippen molar-refractivity contribution in [2.45, 2.75) is 19.0 Å². The van der Waals surface area contributed by atoms with Crippen LogP contribution in [-0.4, -0.2) is 26.7 Å². The van der Waals surface area contributed by atoms with E-state index in [0.29, 0.717) is 13.2 Å². The second-order valence-electron chi connectivity index (χ2n) is 4.59. The summed E-state index contributed by atoms with van der Waals surface area (Å²) >= 11 is 0. The van der Waals surface area contributed by atoms with Crippen LogP contribution in [0.25, 0.3) is 10.8 Å². The molecule has 4 heteroatoms. The third kappa shape index (κ3) is 3.99. The van der Waals surface area contributed by atoms with E-state index in [2.05, 4.69) is 0 Å². The van der Waals surface area contributed by atoms with E-state index >= 15 is 0 Å². The molecule has 2 rings (SSSR count). The molecule has 0 radical (unpaired) electrons. The lowest BCUT2D eigenvalue weighted by Gasteiger charge is -2.18. The molecule has 1 unspecified atom stereocenters. The van der Waals surface area contributed by atoms with Gasteiger partial charge in [0.25, 0.3) is 0 Å².